The van der Waals surface area contributed by atoms with E-state index in [4.69, 9.17) is 10.5 Å². The van der Waals surface area contributed by atoms with E-state index in [1.54, 1.807) is 0 Å². The molecule has 5 heteroatoms. The Morgan fingerprint density at radius 3 is 2.62 bits per heavy atom. The molecule has 2 atom stereocenters. The molecule has 0 aromatic carbocycles. The van der Waals surface area contributed by atoms with E-state index in [1.165, 1.54) is 7.11 Å². The largest absolute Gasteiger partial charge is 0.469 e. The molecule has 1 aliphatic rings. The molecule has 21 heavy (non-hydrogen) atoms. The molecular weight excluding hydrogens is 268 g/mol. The molecule has 0 radical (unpaired) electrons. The lowest BCUT2D eigenvalue weighted by Gasteiger charge is -2.36. The highest BCUT2D eigenvalue weighted by molar-refractivity contribution is 5.78. The molecule has 0 bridgehead atoms. The maximum absolute atomic E-state index is 12.5. The molecule has 1 aliphatic heterocycles. The van der Waals surface area contributed by atoms with Gasteiger partial charge in [-0.1, -0.05) is 13.8 Å². The van der Waals surface area contributed by atoms with E-state index in [2.05, 4.69) is 13.8 Å². The summed E-state index contributed by atoms with van der Waals surface area (Å²) in [7, 11) is 1.39. The van der Waals surface area contributed by atoms with Gasteiger partial charge in [0.2, 0.25) is 5.91 Å². The Balaban J connectivity index is 2.61. The minimum atomic E-state index is -0.239. The first-order valence-corrected chi connectivity index (χ1v) is 8.04. The quantitative estimate of drug-likeness (QED) is 0.729. The summed E-state index contributed by atoms with van der Waals surface area (Å²) in [5.41, 5.74) is 5.79. The van der Waals surface area contributed by atoms with Gasteiger partial charge in [-0.3, -0.25) is 9.59 Å². The second-order valence-electron chi connectivity index (χ2n) is 6.45. The van der Waals surface area contributed by atoms with Gasteiger partial charge >= 0.3 is 5.97 Å². The van der Waals surface area contributed by atoms with E-state index in [9.17, 15) is 9.59 Å². The van der Waals surface area contributed by atoms with Gasteiger partial charge < -0.3 is 15.4 Å². The maximum Gasteiger partial charge on any atom is 0.307 e. The molecule has 0 aromatic rings. The summed E-state index contributed by atoms with van der Waals surface area (Å²) in [6.45, 7) is 5.58. The number of carbonyl (C=O) groups is 2. The molecule has 1 unspecified atom stereocenters. The van der Waals surface area contributed by atoms with Crippen molar-refractivity contribution in [3.63, 3.8) is 0 Å². The third kappa shape index (κ3) is 6.04. The molecule has 0 saturated carbocycles. The molecule has 122 valence electrons. The molecule has 0 aromatic heterocycles. The van der Waals surface area contributed by atoms with Crippen LogP contribution in [0, 0.1) is 11.8 Å². The average molecular weight is 298 g/mol. The van der Waals surface area contributed by atoms with Crippen molar-refractivity contribution in [3.05, 3.63) is 0 Å². The molecule has 1 fully saturated rings. The van der Waals surface area contributed by atoms with Gasteiger partial charge in [0.15, 0.2) is 0 Å². The Kier molecular flexibility index (Phi) is 7.72. The number of amides is 1. The van der Waals surface area contributed by atoms with Gasteiger partial charge in [-0.2, -0.15) is 0 Å². The summed E-state index contributed by atoms with van der Waals surface area (Å²) in [4.78, 5) is 25.9. The van der Waals surface area contributed by atoms with Crippen LogP contribution in [-0.2, 0) is 14.3 Å². The molecular formula is C16H30N2O3. The highest BCUT2D eigenvalue weighted by Crippen LogP contribution is 2.23. The maximum atomic E-state index is 12.5. The number of piperidine rings is 1. The monoisotopic (exact) mass is 298 g/mol. The van der Waals surface area contributed by atoms with Crippen molar-refractivity contribution in [2.75, 3.05) is 20.2 Å². The summed E-state index contributed by atoms with van der Waals surface area (Å²) in [5.74, 6) is 0.675. The van der Waals surface area contributed by atoms with Crippen LogP contribution in [-0.4, -0.2) is 43.0 Å². The van der Waals surface area contributed by atoms with Crippen molar-refractivity contribution < 1.29 is 14.3 Å². The normalized spacial score (nSPS) is 20.4. The standard InChI is InChI=1S/C16H30N2O3/c1-12(2)8-13(11-17)9-15(19)18-7-5-4-6-14(18)10-16(20)21-3/h12-14H,4-11,17H2,1-3H3/t13-,14?/m0/s1. The average Bonchev–Trinajstić information content (AvgIpc) is 2.46. The second-order valence-corrected chi connectivity index (χ2v) is 6.45. The fraction of sp³-hybridized carbons (Fsp3) is 0.875. The van der Waals surface area contributed by atoms with Gasteiger partial charge in [0.1, 0.15) is 0 Å². The van der Waals surface area contributed by atoms with Crippen LogP contribution < -0.4 is 5.73 Å². The van der Waals surface area contributed by atoms with Crippen molar-refractivity contribution in [2.45, 2.75) is 58.4 Å². The van der Waals surface area contributed by atoms with Gasteiger partial charge in [-0.15, -0.1) is 0 Å². The van der Waals surface area contributed by atoms with Crippen LogP contribution in [0.3, 0.4) is 0 Å². The number of rotatable bonds is 7. The van der Waals surface area contributed by atoms with Crippen molar-refractivity contribution >= 4 is 11.9 Å². The van der Waals surface area contributed by atoms with E-state index in [-0.39, 0.29) is 23.8 Å². The van der Waals surface area contributed by atoms with Gasteiger partial charge in [0.25, 0.3) is 0 Å². The number of esters is 1. The molecule has 1 saturated heterocycles. The highest BCUT2D eigenvalue weighted by atomic mass is 16.5. The SMILES string of the molecule is COC(=O)CC1CCCCN1C(=O)C[C@@H](CN)CC(C)C. The molecule has 5 nitrogen and oxygen atoms in total. The van der Waals surface area contributed by atoms with E-state index in [0.717, 1.165) is 32.2 Å². The topological polar surface area (TPSA) is 72.6 Å². The number of hydrogen-bond acceptors (Lipinski definition) is 4. The fourth-order valence-electron chi connectivity index (χ4n) is 3.11. The second kappa shape index (κ2) is 9.03. The first-order chi connectivity index (χ1) is 9.97. The zero-order valence-electron chi connectivity index (χ0n) is 13.6. The minimum Gasteiger partial charge on any atom is -0.469 e. The zero-order chi connectivity index (χ0) is 15.8. The predicted octanol–water partition coefficient (Wildman–Crippen LogP) is 1.94. The van der Waals surface area contributed by atoms with Crippen LogP contribution in [0.4, 0.5) is 0 Å². The Labute approximate surface area is 128 Å². The number of carbonyl (C=O) groups excluding carboxylic acids is 2. The van der Waals surface area contributed by atoms with E-state index in [0.29, 0.717) is 25.3 Å². The summed E-state index contributed by atoms with van der Waals surface area (Å²) >= 11 is 0. The molecule has 1 amide bonds. The number of likely N-dealkylation sites (tertiary alicyclic amines) is 1. The number of ether oxygens (including phenoxy) is 1. The molecule has 1 heterocycles. The van der Waals surface area contributed by atoms with Gasteiger partial charge in [0, 0.05) is 19.0 Å². The molecule has 0 aliphatic carbocycles. The Morgan fingerprint density at radius 1 is 1.33 bits per heavy atom. The molecule has 1 rings (SSSR count). The fourth-order valence-corrected chi connectivity index (χ4v) is 3.11. The van der Waals surface area contributed by atoms with Crippen LogP contribution >= 0.6 is 0 Å². The third-order valence-electron chi connectivity index (χ3n) is 4.18. The van der Waals surface area contributed by atoms with Crippen molar-refractivity contribution in [3.8, 4) is 0 Å². The summed E-state index contributed by atoms with van der Waals surface area (Å²) in [6.07, 6.45) is 4.74. The van der Waals surface area contributed by atoms with Crippen molar-refractivity contribution in [2.24, 2.45) is 17.6 Å². The number of nitrogens with two attached hydrogens (primary N) is 1. The first-order valence-electron chi connectivity index (χ1n) is 8.04. The first kappa shape index (κ1) is 18.0. The molecule has 2 N–H and O–H groups in total. The van der Waals surface area contributed by atoms with Gasteiger partial charge in [-0.05, 0) is 44.1 Å². The number of nitrogens with zero attached hydrogens (tertiary/aromatic N) is 1. The van der Waals surface area contributed by atoms with E-state index in [1.807, 2.05) is 4.90 Å². The lowest BCUT2D eigenvalue weighted by atomic mass is 9.92. The molecule has 0 spiro atoms. The number of hydrogen-bond donors (Lipinski definition) is 1. The Hall–Kier alpha value is -1.10. The summed E-state index contributed by atoms with van der Waals surface area (Å²) in [6, 6.07) is -0.00354. The summed E-state index contributed by atoms with van der Waals surface area (Å²) < 4.78 is 4.74. The predicted molar refractivity (Wildman–Crippen MR) is 82.6 cm³/mol. The number of methoxy groups -OCH3 is 1. The van der Waals surface area contributed by atoms with Crippen LogP contribution in [0.1, 0.15) is 52.4 Å². The Morgan fingerprint density at radius 2 is 2.05 bits per heavy atom. The van der Waals surface area contributed by atoms with Crippen molar-refractivity contribution in [1.29, 1.82) is 0 Å². The van der Waals surface area contributed by atoms with Gasteiger partial charge in [-0.25, -0.2) is 0 Å². The lowest BCUT2D eigenvalue weighted by molar-refractivity contribution is -0.144. The van der Waals surface area contributed by atoms with Crippen LogP contribution in [0.25, 0.3) is 0 Å². The minimum absolute atomic E-state index is 0.00354. The lowest BCUT2D eigenvalue weighted by Crippen LogP contribution is -2.45. The van der Waals surface area contributed by atoms with Gasteiger partial charge in [0.05, 0.1) is 13.5 Å². The van der Waals surface area contributed by atoms with E-state index >= 15 is 0 Å². The smallest absolute Gasteiger partial charge is 0.307 e. The van der Waals surface area contributed by atoms with Crippen molar-refractivity contribution in [1.82, 2.24) is 4.90 Å². The third-order valence-corrected chi connectivity index (χ3v) is 4.18. The van der Waals surface area contributed by atoms with E-state index < -0.39 is 0 Å². The Bertz CT molecular complexity index is 344. The van der Waals surface area contributed by atoms with Crippen LogP contribution in [0.15, 0.2) is 0 Å². The zero-order valence-corrected chi connectivity index (χ0v) is 13.6. The summed E-state index contributed by atoms with van der Waals surface area (Å²) in [5, 5.41) is 0. The van der Waals surface area contributed by atoms with Crippen LogP contribution in [0.5, 0.6) is 0 Å². The van der Waals surface area contributed by atoms with Crippen LogP contribution in [0.2, 0.25) is 0 Å². The highest BCUT2D eigenvalue weighted by Gasteiger charge is 2.29.